The van der Waals surface area contributed by atoms with Crippen LogP contribution in [0.3, 0.4) is 0 Å². The Labute approximate surface area is 249 Å². The Bertz CT molecular complexity index is 1280. The Kier molecular flexibility index (Phi) is 10.1. The van der Waals surface area contributed by atoms with E-state index in [-0.39, 0.29) is 0 Å². The normalized spacial score (nSPS) is 17.2. The summed E-state index contributed by atoms with van der Waals surface area (Å²) in [6.07, 6.45) is 5.05. The summed E-state index contributed by atoms with van der Waals surface area (Å²) >= 11 is 3.82. The van der Waals surface area contributed by atoms with Crippen molar-refractivity contribution in [1.29, 1.82) is 0 Å². The molecule has 0 heterocycles. The standard InChI is InChI=1S/C36H42N2S2/c1-25-13-11-14-26(2)35(25)39-33-21-9-5-17-29(33)23-37-31-19-7-8-20-32(31)38-24-30-18-6-10-22-34(30)40-36-27(3)15-12-16-28(36)4/h5-6,9-18,21-22,31-32,37-38H,7-8,19-20,23-24H2,1-4H3. The van der Waals surface area contributed by atoms with Gasteiger partial charge in [-0.05, 0) is 86.1 Å². The smallest absolute Gasteiger partial charge is 0.0224 e. The predicted molar refractivity (Wildman–Crippen MR) is 173 cm³/mol. The van der Waals surface area contributed by atoms with Gasteiger partial charge >= 0.3 is 0 Å². The van der Waals surface area contributed by atoms with Gasteiger partial charge < -0.3 is 10.6 Å². The first-order chi connectivity index (χ1) is 19.5. The quantitative estimate of drug-likeness (QED) is 0.200. The summed E-state index contributed by atoms with van der Waals surface area (Å²) in [6.45, 7) is 10.7. The van der Waals surface area contributed by atoms with Gasteiger partial charge in [-0.25, -0.2) is 0 Å². The molecule has 0 saturated heterocycles. The average Bonchev–Trinajstić information content (AvgIpc) is 2.96. The van der Waals surface area contributed by atoms with Gasteiger partial charge in [0.2, 0.25) is 0 Å². The van der Waals surface area contributed by atoms with Crippen LogP contribution in [0.5, 0.6) is 0 Å². The van der Waals surface area contributed by atoms with Gasteiger partial charge in [0, 0.05) is 44.8 Å². The summed E-state index contributed by atoms with van der Waals surface area (Å²) in [6, 6.07) is 31.9. The molecule has 208 valence electrons. The van der Waals surface area contributed by atoms with Crippen LogP contribution in [0.25, 0.3) is 0 Å². The molecular weight excluding hydrogens is 525 g/mol. The highest BCUT2D eigenvalue weighted by Gasteiger charge is 2.25. The maximum absolute atomic E-state index is 3.97. The van der Waals surface area contributed by atoms with Crippen molar-refractivity contribution in [3.63, 3.8) is 0 Å². The molecule has 1 fully saturated rings. The van der Waals surface area contributed by atoms with Gasteiger partial charge in [0.25, 0.3) is 0 Å². The van der Waals surface area contributed by atoms with Crippen molar-refractivity contribution in [2.45, 2.75) is 98.1 Å². The van der Waals surface area contributed by atoms with Crippen molar-refractivity contribution >= 4 is 23.5 Å². The minimum Gasteiger partial charge on any atom is -0.308 e. The fraction of sp³-hybridized carbons (Fsp3) is 0.333. The zero-order valence-electron chi connectivity index (χ0n) is 24.3. The van der Waals surface area contributed by atoms with Gasteiger partial charge in [-0.3, -0.25) is 0 Å². The lowest BCUT2D eigenvalue weighted by Gasteiger charge is -2.33. The molecule has 0 aromatic heterocycles. The van der Waals surface area contributed by atoms with Gasteiger partial charge in [0.05, 0.1) is 0 Å². The second-order valence-corrected chi connectivity index (χ2v) is 13.2. The molecule has 4 aromatic carbocycles. The van der Waals surface area contributed by atoms with Crippen LogP contribution < -0.4 is 10.6 Å². The summed E-state index contributed by atoms with van der Waals surface area (Å²) in [5, 5.41) is 7.94. The van der Waals surface area contributed by atoms with Gasteiger partial charge in [-0.2, -0.15) is 0 Å². The van der Waals surface area contributed by atoms with E-state index in [2.05, 4.69) is 123 Å². The molecule has 1 aliphatic rings. The number of benzene rings is 4. The van der Waals surface area contributed by atoms with Crippen LogP contribution in [0.15, 0.2) is 105 Å². The molecule has 5 rings (SSSR count). The van der Waals surface area contributed by atoms with E-state index in [1.807, 2.05) is 23.5 Å². The largest absolute Gasteiger partial charge is 0.308 e. The molecule has 0 amide bonds. The van der Waals surface area contributed by atoms with Crippen molar-refractivity contribution in [2.75, 3.05) is 0 Å². The lowest BCUT2D eigenvalue weighted by molar-refractivity contribution is 0.280. The number of nitrogens with one attached hydrogen (secondary N) is 2. The molecule has 2 nitrogen and oxygen atoms in total. The monoisotopic (exact) mass is 566 g/mol. The van der Waals surface area contributed by atoms with Crippen molar-refractivity contribution in [1.82, 2.24) is 10.6 Å². The molecule has 2 atom stereocenters. The molecule has 2 unspecified atom stereocenters. The SMILES string of the molecule is Cc1cccc(C)c1Sc1ccccc1CNC1CCCCC1NCc1ccccc1Sc1c(C)cccc1C. The molecule has 0 aliphatic heterocycles. The van der Waals surface area contributed by atoms with Crippen LogP contribution >= 0.6 is 23.5 Å². The van der Waals surface area contributed by atoms with Crippen LogP contribution in [0.2, 0.25) is 0 Å². The van der Waals surface area contributed by atoms with E-state index in [9.17, 15) is 0 Å². The fourth-order valence-electron chi connectivity index (χ4n) is 5.74. The van der Waals surface area contributed by atoms with E-state index >= 15 is 0 Å². The van der Waals surface area contributed by atoms with Crippen LogP contribution in [-0.2, 0) is 13.1 Å². The van der Waals surface area contributed by atoms with Gasteiger partial charge in [-0.1, -0.05) is 109 Å². The van der Waals surface area contributed by atoms with Gasteiger partial charge in [0.15, 0.2) is 0 Å². The van der Waals surface area contributed by atoms with Crippen LogP contribution in [-0.4, -0.2) is 12.1 Å². The van der Waals surface area contributed by atoms with E-state index < -0.39 is 0 Å². The highest BCUT2D eigenvalue weighted by Crippen LogP contribution is 2.36. The van der Waals surface area contributed by atoms with E-state index in [0.29, 0.717) is 12.1 Å². The Balaban J connectivity index is 1.24. The first kappa shape index (κ1) is 29.0. The molecule has 4 aromatic rings. The number of hydrogen-bond donors (Lipinski definition) is 2. The zero-order chi connectivity index (χ0) is 27.9. The third-order valence-corrected chi connectivity index (χ3v) is 11.0. The first-order valence-electron chi connectivity index (χ1n) is 14.6. The number of hydrogen-bond acceptors (Lipinski definition) is 4. The summed E-state index contributed by atoms with van der Waals surface area (Å²) in [5.41, 5.74) is 8.16. The van der Waals surface area contributed by atoms with E-state index in [4.69, 9.17) is 0 Å². The van der Waals surface area contributed by atoms with Gasteiger partial charge in [0.1, 0.15) is 0 Å². The molecule has 0 radical (unpaired) electrons. The lowest BCUT2D eigenvalue weighted by atomic mass is 9.90. The minimum atomic E-state index is 0.477. The molecule has 40 heavy (non-hydrogen) atoms. The van der Waals surface area contributed by atoms with Crippen molar-refractivity contribution < 1.29 is 0 Å². The highest BCUT2D eigenvalue weighted by atomic mass is 32.2. The molecule has 0 bridgehead atoms. The fourth-order valence-corrected chi connectivity index (χ4v) is 7.93. The molecule has 1 aliphatic carbocycles. The Morgan fingerprint density at radius 2 is 0.900 bits per heavy atom. The minimum absolute atomic E-state index is 0.477. The first-order valence-corrected chi connectivity index (χ1v) is 16.2. The Morgan fingerprint density at radius 3 is 1.30 bits per heavy atom. The third-order valence-electron chi connectivity index (χ3n) is 8.06. The summed E-state index contributed by atoms with van der Waals surface area (Å²) in [5.74, 6) is 0. The van der Waals surface area contributed by atoms with Crippen LogP contribution in [0.4, 0.5) is 0 Å². The molecule has 1 saturated carbocycles. The van der Waals surface area contributed by atoms with Crippen LogP contribution in [0, 0.1) is 27.7 Å². The van der Waals surface area contributed by atoms with E-state index in [1.165, 1.54) is 78.6 Å². The number of aryl methyl sites for hydroxylation is 4. The maximum Gasteiger partial charge on any atom is 0.0224 e. The summed E-state index contributed by atoms with van der Waals surface area (Å²) in [4.78, 5) is 5.46. The third kappa shape index (κ3) is 7.22. The Morgan fingerprint density at radius 1 is 0.525 bits per heavy atom. The average molecular weight is 567 g/mol. The van der Waals surface area contributed by atoms with E-state index in [0.717, 1.165) is 13.1 Å². The summed E-state index contributed by atoms with van der Waals surface area (Å²) in [7, 11) is 0. The molecule has 0 spiro atoms. The Hall–Kier alpha value is -2.50. The van der Waals surface area contributed by atoms with Crippen molar-refractivity contribution in [3.05, 3.63) is 118 Å². The molecule has 2 N–H and O–H groups in total. The topological polar surface area (TPSA) is 24.1 Å². The lowest BCUT2D eigenvalue weighted by Crippen LogP contribution is -2.49. The molecule has 4 heteroatoms. The van der Waals surface area contributed by atoms with Crippen LogP contribution in [0.1, 0.15) is 59.1 Å². The second kappa shape index (κ2) is 13.9. The van der Waals surface area contributed by atoms with E-state index in [1.54, 1.807) is 0 Å². The van der Waals surface area contributed by atoms with Gasteiger partial charge in [-0.15, -0.1) is 0 Å². The predicted octanol–water partition coefficient (Wildman–Crippen LogP) is 9.41. The number of rotatable bonds is 10. The van der Waals surface area contributed by atoms with Crippen molar-refractivity contribution in [3.8, 4) is 0 Å². The summed E-state index contributed by atoms with van der Waals surface area (Å²) < 4.78 is 0. The highest BCUT2D eigenvalue weighted by molar-refractivity contribution is 7.99. The molecular formula is C36H42N2S2. The zero-order valence-corrected chi connectivity index (χ0v) is 25.9. The van der Waals surface area contributed by atoms with Crippen molar-refractivity contribution in [2.24, 2.45) is 0 Å². The maximum atomic E-state index is 3.97. The second-order valence-electron chi connectivity index (χ2n) is 11.1.